The van der Waals surface area contributed by atoms with Crippen molar-refractivity contribution in [2.24, 2.45) is 0 Å². The summed E-state index contributed by atoms with van der Waals surface area (Å²) >= 11 is 7.45. The van der Waals surface area contributed by atoms with E-state index in [-0.39, 0.29) is 36.8 Å². The summed E-state index contributed by atoms with van der Waals surface area (Å²) in [5.41, 5.74) is 1.25. The first-order chi connectivity index (χ1) is 15.4. The van der Waals surface area contributed by atoms with E-state index in [1.54, 1.807) is 24.3 Å². The SMILES string of the molecule is O=C(NC(c1ccc(Cl)cc1)c1ccsc1)c1cc(S(=O)(=O)N2CCOCC2)ccc1F. The topological polar surface area (TPSA) is 75.7 Å². The minimum Gasteiger partial charge on any atom is -0.379 e. The summed E-state index contributed by atoms with van der Waals surface area (Å²) in [7, 11) is -3.87. The summed E-state index contributed by atoms with van der Waals surface area (Å²) in [5, 5.41) is 7.14. The Balaban J connectivity index is 1.64. The second kappa shape index (κ2) is 9.68. The van der Waals surface area contributed by atoms with Crippen LogP contribution in [0.5, 0.6) is 0 Å². The highest BCUT2D eigenvalue weighted by Gasteiger charge is 2.28. The van der Waals surface area contributed by atoms with E-state index in [0.717, 1.165) is 23.3 Å². The summed E-state index contributed by atoms with van der Waals surface area (Å²) in [5.74, 6) is -1.52. The van der Waals surface area contributed by atoms with E-state index in [1.165, 1.54) is 21.7 Å². The highest BCUT2D eigenvalue weighted by atomic mass is 35.5. The second-order valence-electron chi connectivity index (χ2n) is 7.17. The van der Waals surface area contributed by atoms with Gasteiger partial charge in [0.2, 0.25) is 10.0 Å². The zero-order valence-corrected chi connectivity index (χ0v) is 19.2. The Labute approximate surface area is 194 Å². The number of rotatable bonds is 6. The summed E-state index contributed by atoms with van der Waals surface area (Å²) in [4.78, 5) is 12.9. The number of morpholine rings is 1. The molecule has 1 aliphatic heterocycles. The Kier molecular flexibility index (Phi) is 6.92. The van der Waals surface area contributed by atoms with Gasteiger partial charge in [0, 0.05) is 18.1 Å². The van der Waals surface area contributed by atoms with Crippen molar-refractivity contribution in [1.29, 1.82) is 0 Å². The van der Waals surface area contributed by atoms with Crippen LogP contribution < -0.4 is 5.32 Å². The normalized spacial score (nSPS) is 15.9. The van der Waals surface area contributed by atoms with Crippen molar-refractivity contribution in [3.05, 3.63) is 86.8 Å². The molecule has 0 spiro atoms. The Bertz CT molecular complexity index is 1200. The van der Waals surface area contributed by atoms with Crippen LogP contribution in [0, 0.1) is 5.82 Å². The van der Waals surface area contributed by atoms with Crippen molar-refractivity contribution in [3.63, 3.8) is 0 Å². The molecule has 1 N–H and O–H groups in total. The highest BCUT2D eigenvalue weighted by Crippen LogP contribution is 2.27. The molecule has 1 fully saturated rings. The van der Waals surface area contributed by atoms with Gasteiger partial charge in [-0.05, 0) is 58.3 Å². The summed E-state index contributed by atoms with van der Waals surface area (Å²) < 4.78 is 46.9. The summed E-state index contributed by atoms with van der Waals surface area (Å²) in [6.45, 7) is 0.991. The van der Waals surface area contributed by atoms with Gasteiger partial charge in [0.1, 0.15) is 5.82 Å². The number of nitrogens with one attached hydrogen (secondary N) is 1. The van der Waals surface area contributed by atoms with Gasteiger partial charge >= 0.3 is 0 Å². The fourth-order valence-electron chi connectivity index (χ4n) is 3.44. The fraction of sp³-hybridized carbons (Fsp3) is 0.227. The van der Waals surface area contributed by atoms with Crippen molar-refractivity contribution < 1.29 is 22.3 Å². The van der Waals surface area contributed by atoms with Crippen LogP contribution in [-0.2, 0) is 14.8 Å². The van der Waals surface area contributed by atoms with Gasteiger partial charge in [-0.3, -0.25) is 4.79 Å². The first kappa shape index (κ1) is 22.9. The number of hydrogen-bond acceptors (Lipinski definition) is 5. The smallest absolute Gasteiger partial charge is 0.255 e. The van der Waals surface area contributed by atoms with E-state index in [1.807, 2.05) is 16.8 Å². The van der Waals surface area contributed by atoms with Gasteiger partial charge in [0.25, 0.3) is 5.91 Å². The fourth-order valence-corrected chi connectivity index (χ4v) is 5.68. The number of carbonyl (C=O) groups excluding carboxylic acids is 1. The Hall–Kier alpha value is -2.30. The minimum atomic E-state index is -3.87. The van der Waals surface area contributed by atoms with Crippen molar-refractivity contribution in [2.45, 2.75) is 10.9 Å². The molecule has 32 heavy (non-hydrogen) atoms. The third-order valence-corrected chi connectivity index (χ3v) is 7.99. The molecular formula is C22H20ClFN2O4S2. The summed E-state index contributed by atoms with van der Waals surface area (Å²) in [6, 6.07) is 11.5. The number of carbonyl (C=O) groups is 1. The Morgan fingerprint density at radius 2 is 1.81 bits per heavy atom. The van der Waals surface area contributed by atoms with Gasteiger partial charge in [-0.15, -0.1) is 0 Å². The third-order valence-electron chi connectivity index (χ3n) is 5.15. The lowest BCUT2D eigenvalue weighted by atomic mass is 10.0. The molecule has 0 aliphatic carbocycles. The highest BCUT2D eigenvalue weighted by molar-refractivity contribution is 7.89. The van der Waals surface area contributed by atoms with Gasteiger partial charge in [-0.1, -0.05) is 23.7 Å². The number of nitrogens with zero attached hydrogens (tertiary/aromatic N) is 1. The molecule has 1 atom stereocenters. The lowest BCUT2D eigenvalue weighted by Crippen LogP contribution is -2.40. The van der Waals surface area contributed by atoms with Crippen molar-refractivity contribution in [2.75, 3.05) is 26.3 Å². The maximum atomic E-state index is 14.6. The lowest BCUT2D eigenvalue weighted by molar-refractivity contribution is 0.0730. The van der Waals surface area contributed by atoms with E-state index in [0.29, 0.717) is 5.02 Å². The maximum absolute atomic E-state index is 14.6. The van der Waals surface area contributed by atoms with Gasteiger partial charge in [-0.2, -0.15) is 15.6 Å². The number of benzene rings is 2. The molecule has 168 valence electrons. The number of sulfonamides is 1. The standard InChI is InChI=1S/C22H20ClFN2O4S2/c23-17-3-1-15(2-4-17)21(16-7-12-31-14-16)25-22(27)19-13-18(5-6-20(19)24)32(28,29)26-8-10-30-11-9-26/h1-7,12-14,21H,8-11H2,(H,25,27). The van der Waals surface area contributed by atoms with Crippen LogP contribution in [0.4, 0.5) is 4.39 Å². The van der Waals surface area contributed by atoms with Gasteiger partial charge < -0.3 is 10.1 Å². The summed E-state index contributed by atoms with van der Waals surface area (Å²) in [6.07, 6.45) is 0. The third kappa shape index (κ3) is 4.87. The molecule has 0 saturated carbocycles. The zero-order chi connectivity index (χ0) is 22.7. The van der Waals surface area contributed by atoms with Crippen LogP contribution in [0.25, 0.3) is 0 Å². The molecule has 6 nitrogen and oxygen atoms in total. The second-order valence-corrected chi connectivity index (χ2v) is 10.3. The zero-order valence-electron chi connectivity index (χ0n) is 16.8. The van der Waals surface area contributed by atoms with E-state index in [9.17, 15) is 17.6 Å². The molecule has 4 rings (SSSR count). The van der Waals surface area contributed by atoms with Crippen LogP contribution >= 0.6 is 22.9 Å². The lowest BCUT2D eigenvalue weighted by Gasteiger charge is -2.26. The van der Waals surface area contributed by atoms with Crippen LogP contribution in [0.3, 0.4) is 0 Å². The molecule has 0 radical (unpaired) electrons. The number of ether oxygens (including phenoxy) is 1. The van der Waals surface area contributed by atoms with E-state index in [2.05, 4.69) is 5.32 Å². The molecule has 1 unspecified atom stereocenters. The molecule has 2 heterocycles. The largest absolute Gasteiger partial charge is 0.379 e. The van der Waals surface area contributed by atoms with Crippen LogP contribution in [-0.4, -0.2) is 44.9 Å². The molecule has 1 saturated heterocycles. The Morgan fingerprint density at radius 3 is 2.47 bits per heavy atom. The van der Waals surface area contributed by atoms with E-state index in [4.69, 9.17) is 16.3 Å². The molecule has 0 bridgehead atoms. The average Bonchev–Trinajstić information content (AvgIpc) is 3.33. The maximum Gasteiger partial charge on any atom is 0.255 e. The van der Waals surface area contributed by atoms with Crippen LogP contribution in [0.1, 0.15) is 27.5 Å². The van der Waals surface area contributed by atoms with Crippen molar-refractivity contribution in [3.8, 4) is 0 Å². The quantitative estimate of drug-likeness (QED) is 0.560. The molecule has 3 aromatic rings. The first-order valence-electron chi connectivity index (χ1n) is 9.82. The predicted molar refractivity (Wildman–Crippen MR) is 121 cm³/mol. The first-order valence-corrected chi connectivity index (χ1v) is 12.6. The predicted octanol–water partition coefficient (Wildman–Crippen LogP) is 4.08. The van der Waals surface area contributed by atoms with Gasteiger partial charge in [0.05, 0.1) is 29.7 Å². The van der Waals surface area contributed by atoms with Gasteiger partial charge in [-0.25, -0.2) is 12.8 Å². The Morgan fingerprint density at radius 1 is 1.09 bits per heavy atom. The molecule has 1 amide bonds. The van der Waals surface area contributed by atoms with Crippen LogP contribution in [0.15, 0.2) is 64.2 Å². The monoisotopic (exact) mass is 494 g/mol. The van der Waals surface area contributed by atoms with E-state index < -0.39 is 27.8 Å². The molecule has 1 aliphatic rings. The molecule has 1 aromatic heterocycles. The van der Waals surface area contributed by atoms with E-state index >= 15 is 0 Å². The molecular weight excluding hydrogens is 475 g/mol. The van der Waals surface area contributed by atoms with Crippen molar-refractivity contribution >= 4 is 38.9 Å². The number of amides is 1. The molecule has 10 heteroatoms. The van der Waals surface area contributed by atoms with Gasteiger partial charge in [0.15, 0.2) is 0 Å². The number of hydrogen-bond donors (Lipinski definition) is 1. The average molecular weight is 495 g/mol. The minimum absolute atomic E-state index is 0.135. The van der Waals surface area contributed by atoms with Crippen LogP contribution in [0.2, 0.25) is 5.02 Å². The number of thiophene rings is 1. The van der Waals surface area contributed by atoms with Crippen molar-refractivity contribution in [1.82, 2.24) is 9.62 Å². The number of halogens is 2. The molecule has 2 aromatic carbocycles.